The summed E-state index contributed by atoms with van der Waals surface area (Å²) in [6.07, 6.45) is 4.72. The van der Waals surface area contributed by atoms with Crippen molar-refractivity contribution in [3.63, 3.8) is 0 Å². The molecule has 0 aliphatic heterocycles. The van der Waals surface area contributed by atoms with E-state index in [1.54, 1.807) is 6.33 Å². The monoisotopic (exact) mass is 275 g/mol. The molecule has 20 heavy (non-hydrogen) atoms. The molecule has 0 saturated heterocycles. The predicted molar refractivity (Wildman–Crippen MR) is 71.6 cm³/mol. The Morgan fingerprint density at radius 2 is 2.00 bits per heavy atom. The lowest BCUT2D eigenvalue weighted by atomic mass is 9.95. The maximum Gasteiger partial charge on any atom is 0.165 e. The third kappa shape index (κ3) is 1.50. The molecular weight excluding hydrogens is 258 g/mol. The summed E-state index contributed by atoms with van der Waals surface area (Å²) in [5.74, 6) is 0.782. The van der Waals surface area contributed by atoms with E-state index < -0.39 is 6.10 Å². The van der Waals surface area contributed by atoms with Gasteiger partial charge in [0, 0.05) is 5.92 Å². The van der Waals surface area contributed by atoms with Gasteiger partial charge in [0.05, 0.1) is 24.6 Å². The molecule has 0 radical (unpaired) electrons. The molecule has 4 rings (SSSR count). The van der Waals surface area contributed by atoms with E-state index in [9.17, 15) is 10.2 Å². The van der Waals surface area contributed by atoms with Crippen molar-refractivity contribution in [3.05, 3.63) is 12.7 Å². The van der Waals surface area contributed by atoms with Gasteiger partial charge in [-0.1, -0.05) is 0 Å². The van der Waals surface area contributed by atoms with Crippen molar-refractivity contribution in [1.29, 1.82) is 0 Å². The summed E-state index contributed by atoms with van der Waals surface area (Å²) in [6, 6.07) is -0.184. The van der Waals surface area contributed by atoms with Crippen LogP contribution in [0.3, 0.4) is 0 Å². The highest BCUT2D eigenvalue weighted by molar-refractivity contribution is 5.81. The van der Waals surface area contributed by atoms with E-state index in [2.05, 4.69) is 15.0 Å². The number of nitrogens with zero attached hydrogens (tertiary/aromatic N) is 4. The first-order valence-corrected chi connectivity index (χ1v) is 6.96. The Kier molecular flexibility index (Phi) is 2.49. The minimum absolute atomic E-state index is 0.0681. The summed E-state index contributed by atoms with van der Waals surface area (Å²) in [5, 5.41) is 20.6. The van der Waals surface area contributed by atoms with Crippen LogP contribution in [0, 0.1) is 11.8 Å². The lowest BCUT2D eigenvalue weighted by Crippen LogP contribution is -2.29. The topological polar surface area (TPSA) is 110 Å². The molecule has 0 amide bonds. The van der Waals surface area contributed by atoms with Crippen LogP contribution >= 0.6 is 0 Å². The number of aliphatic hydroxyl groups is 2. The molecule has 0 bridgehead atoms. The van der Waals surface area contributed by atoms with Crippen LogP contribution in [0.2, 0.25) is 0 Å². The molecule has 2 aliphatic carbocycles. The van der Waals surface area contributed by atoms with Gasteiger partial charge in [0.15, 0.2) is 11.5 Å². The van der Waals surface area contributed by atoms with Crippen LogP contribution in [0.25, 0.3) is 11.2 Å². The van der Waals surface area contributed by atoms with Gasteiger partial charge in [-0.2, -0.15) is 0 Å². The van der Waals surface area contributed by atoms with Gasteiger partial charge in [0.2, 0.25) is 0 Å². The smallest absolute Gasteiger partial charge is 0.165 e. The molecule has 0 unspecified atom stereocenters. The molecule has 0 aromatic carbocycles. The van der Waals surface area contributed by atoms with Crippen molar-refractivity contribution in [3.8, 4) is 0 Å². The molecule has 2 saturated carbocycles. The number of nitrogens with two attached hydrogens (primary N) is 1. The van der Waals surface area contributed by atoms with Crippen molar-refractivity contribution in [2.45, 2.75) is 37.5 Å². The highest BCUT2D eigenvalue weighted by Crippen LogP contribution is 2.50. The number of aromatic nitrogens is 4. The van der Waals surface area contributed by atoms with Crippen molar-refractivity contribution >= 4 is 17.0 Å². The molecule has 106 valence electrons. The van der Waals surface area contributed by atoms with Crippen molar-refractivity contribution in [1.82, 2.24) is 19.5 Å². The first-order valence-electron chi connectivity index (χ1n) is 6.96. The van der Waals surface area contributed by atoms with E-state index in [1.165, 1.54) is 6.33 Å². The maximum absolute atomic E-state index is 10.4. The van der Waals surface area contributed by atoms with Crippen molar-refractivity contribution in [2.75, 3.05) is 5.73 Å². The highest BCUT2D eigenvalue weighted by Gasteiger charge is 2.50. The van der Waals surface area contributed by atoms with Crippen LogP contribution in [0.1, 0.15) is 25.3 Å². The molecule has 7 heteroatoms. The number of hydrogen-bond acceptors (Lipinski definition) is 6. The first-order chi connectivity index (χ1) is 9.66. The Labute approximate surface area is 115 Å². The van der Waals surface area contributed by atoms with E-state index >= 15 is 0 Å². The van der Waals surface area contributed by atoms with Crippen LogP contribution in [0.15, 0.2) is 12.7 Å². The highest BCUT2D eigenvalue weighted by atomic mass is 16.3. The van der Waals surface area contributed by atoms with E-state index in [4.69, 9.17) is 5.73 Å². The second kappa shape index (κ2) is 4.13. The molecule has 2 aromatic heterocycles. The second-order valence-electron chi connectivity index (χ2n) is 5.86. The fourth-order valence-electron chi connectivity index (χ4n) is 4.03. The van der Waals surface area contributed by atoms with Crippen molar-refractivity contribution in [2.24, 2.45) is 11.8 Å². The third-order valence-electron chi connectivity index (χ3n) is 4.86. The van der Waals surface area contributed by atoms with E-state index in [0.29, 0.717) is 22.9 Å². The predicted octanol–water partition coefficient (Wildman–Crippen LogP) is 0.101. The van der Waals surface area contributed by atoms with Gasteiger partial charge in [-0.25, -0.2) is 15.0 Å². The Morgan fingerprint density at radius 1 is 1.15 bits per heavy atom. The van der Waals surface area contributed by atoms with Gasteiger partial charge in [0.1, 0.15) is 11.8 Å². The van der Waals surface area contributed by atoms with Crippen LogP contribution in [0.5, 0.6) is 0 Å². The summed E-state index contributed by atoms with van der Waals surface area (Å²) in [6.45, 7) is 0. The van der Waals surface area contributed by atoms with Gasteiger partial charge in [0.25, 0.3) is 0 Å². The second-order valence-corrected chi connectivity index (χ2v) is 5.86. The first kappa shape index (κ1) is 12.0. The van der Waals surface area contributed by atoms with Gasteiger partial charge >= 0.3 is 0 Å². The van der Waals surface area contributed by atoms with Gasteiger partial charge in [-0.3, -0.25) is 0 Å². The minimum atomic E-state index is -0.478. The summed E-state index contributed by atoms with van der Waals surface area (Å²) in [5.41, 5.74) is 6.98. The van der Waals surface area contributed by atoms with E-state index in [-0.39, 0.29) is 18.1 Å². The largest absolute Gasteiger partial charge is 0.393 e. The number of rotatable bonds is 1. The van der Waals surface area contributed by atoms with Crippen molar-refractivity contribution < 1.29 is 10.2 Å². The Bertz CT molecular complexity index is 657. The number of aliphatic hydroxyl groups excluding tert-OH is 2. The third-order valence-corrected chi connectivity index (χ3v) is 4.86. The van der Waals surface area contributed by atoms with Gasteiger partial charge in [-0.15, -0.1) is 0 Å². The molecule has 2 fully saturated rings. The average Bonchev–Trinajstić information content (AvgIpc) is 3.06. The SMILES string of the molecule is Nc1ncnc2c1ncn2[C@H]1[C@H]2[C@H](CC[C@H]2O)C[C@@H]1O. The zero-order chi connectivity index (χ0) is 13.9. The number of nitrogen functional groups attached to an aromatic ring is 1. The molecule has 2 heterocycles. The minimum Gasteiger partial charge on any atom is -0.393 e. The van der Waals surface area contributed by atoms with E-state index in [1.807, 2.05) is 4.57 Å². The summed E-state index contributed by atoms with van der Waals surface area (Å²) in [4.78, 5) is 12.4. The lowest BCUT2D eigenvalue weighted by molar-refractivity contribution is 0.0645. The van der Waals surface area contributed by atoms with Crippen LogP contribution in [0.4, 0.5) is 5.82 Å². The number of fused-ring (bicyclic) bond motifs is 2. The molecule has 7 nitrogen and oxygen atoms in total. The molecule has 4 N–H and O–H groups in total. The maximum atomic E-state index is 10.4. The lowest BCUT2D eigenvalue weighted by Gasteiger charge is -2.25. The standard InChI is InChI=1S/C13H17N5O2/c14-12-10-13(16-4-15-12)18(5-17-10)11-8(20)3-6-1-2-7(19)9(6)11/h4-9,11,19-20H,1-3H2,(H2,14,15,16)/t6-,7-,8+,9+,11-/m1/s1. The average molecular weight is 275 g/mol. The normalized spacial score (nSPS) is 36.6. The Balaban J connectivity index is 1.84. The quantitative estimate of drug-likeness (QED) is 0.681. The van der Waals surface area contributed by atoms with Gasteiger partial charge in [-0.05, 0) is 25.2 Å². The van der Waals surface area contributed by atoms with E-state index in [0.717, 1.165) is 19.3 Å². The molecule has 0 spiro atoms. The summed E-state index contributed by atoms with van der Waals surface area (Å²) < 4.78 is 1.86. The zero-order valence-electron chi connectivity index (χ0n) is 10.9. The number of hydrogen-bond donors (Lipinski definition) is 3. The van der Waals surface area contributed by atoms with Crippen LogP contribution in [-0.4, -0.2) is 41.9 Å². The fraction of sp³-hybridized carbons (Fsp3) is 0.615. The summed E-state index contributed by atoms with van der Waals surface area (Å²) in [7, 11) is 0. The molecule has 2 aliphatic rings. The number of imidazole rings is 1. The Morgan fingerprint density at radius 3 is 2.85 bits per heavy atom. The molecule has 2 aromatic rings. The number of anilines is 1. The molecule has 5 atom stereocenters. The zero-order valence-corrected chi connectivity index (χ0v) is 10.9. The summed E-state index contributed by atoms with van der Waals surface area (Å²) >= 11 is 0. The fourth-order valence-corrected chi connectivity index (χ4v) is 4.03. The Hall–Kier alpha value is -1.73. The molecular formula is C13H17N5O2. The van der Waals surface area contributed by atoms with Crippen LogP contribution < -0.4 is 5.73 Å². The van der Waals surface area contributed by atoms with Gasteiger partial charge < -0.3 is 20.5 Å². The van der Waals surface area contributed by atoms with Crippen LogP contribution in [-0.2, 0) is 0 Å².